The number of carbonyl (C=O) groups excluding carboxylic acids is 1. The summed E-state index contributed by atoms with van der Waals surface area (Å²) < 4.78 is 5.29. The Morgan fingerprint density at radius 2 is 1.94 bits per heavy atom. The number of allylic oxidation sites excluding steroid dienone is 2. The normalized spacial score (nSPS) is 18.2. The van der Waals surface area contributed by atoms with Gasteiger partial charge in [0.25, 0.3) is 0 Å². The first-order valence-electron chi connectivity index (χ1n) is 6.14. The zero-order valence-corrected chi connectivity index (χ0v) is 11.1. The van der Waals surface area contributed by atoms with Crippen LogP contribution in [0.5, 0.6) is 5.75 Å². The molecule has 1 N–H and O–H groups in total. The van der Waals surface area contributed by atoms with Crippen LogP contribution >= 0.6 is 0 Å². The summed E-state index contributed by atoms with van der Waals surface area (Å²) in [6.07, 6.45) is 3.19. The second-order valence-corrected chi connectivity index (χ2v) is 5.48. The number of hydrogen-bond acceptors (Lipinski definition) is 3. The van der Waals surface area contributed by atoms with E-state index >= 15 is 0 Å². The number of ketones is 1. The van der Waals surface area contributed by atoms with Crippen molar-refractivity contribution in [2.75, 3.05) is 12.4 Å². The molecule has 0 aliphatic heterocycles. The molecule has 96 valence electrons. The molecule has 0 aromatic heterocycles. The predicted octanol–water partition coefficient (Wildman–Crippen LogP) is 3.38. The molecule has 2 rings (SSSR count). The van der Waals surface area contributed by atoms with E-state index in [4.69, 9.17) is 4.74 Å². The van der Waals surface area contributed by atoms with Crippen LogP contribution in [0.15, 0.2) is 36.0 Å². The van der Waals surface area contributed by atoms with Crippen LogP contribution in [0.2, 0.25) is 0 Å². The van der Waals surface area contributed by atoms with Gasteiger partial charge >= 0.3 is 0 Å². The molecule has 18 heavy (non-hydrogen) atoms. The number of nitrogens with one attached hydrogen (secondary N) is 1. The van der Waals surface area contributed by atoms with Crippen LogP contribution in [-0.2, 0) is 4.79 Å². The van der Waals surface area contributed by atoms with Crippen LogP contribution in [0.1, 0.15) is 26.7 Å². The number of rotatable bonds is 3. The van der Waals surface area contributed by atoms with Crippen LogP contribution in [0.4, 0.5) is 5.69 Å². The average Bonchev–Trinajstić information content (AvgIpc) is 2.27. The van der Waals surface area contributed by atoms with Gasteiger partial charge in [0, 0.05) is 18.2 Å². The quantitative estimate of drug-likeness (QED) is 0.887. The Bertz CT molecular complexity index is 489. The molecular weight excluding hydrogens is 226 g/mol. The van der Waals surface area contributed by atoms with Crippen LogP contribution in [-0.4, -0.2) is 12.9 Å². The molecule has 3 nitrogen and oxygen atoms in total. The molecule has 0 amide bonds. The lowest BCUT2D eigenvalue weighted by atomic mass is 9.79. The van der Waals surface area contributed by atoms with Gasteiger partial charge in [-0.1, -0.05) is 26.0 Å². The van der Waals surface area contributed by atoms with Gasteiger partial charge in [-0.05, 0) is 24.0 Å². The van der Waals surface area contributed by atoms with Crippen LogP contribution in [0.3, 0.4) is 0 Å². The van der Waals surface area contributed by atoms with E-state index in [1.54, 1.807) is 13.2 Å². The van der Waals surface area contributed by atoms with E-state index in [1.165, 1.54) is 0 Å². The number of para-hydroxylation sites is 2. The molecule has 0 radical (unpaired) electrons. The topological polar surface area (TPSA) is 38.3 Å². The predicted molar refractivity (Wildman–Crippen MR) is 72.7 cm³/mol. The highest BCUT2D eigenvalue weighted by Crippen LogP contribution is 2.35. The first kappa shape index (κ1) is 12.7. The van der Waals surface area contributed by atoms with Crippen molar-refractivity contribution in [2.45, 2.75) is 26.7 Å². The van der Waals surface area contributed by atoms with Crippen molar-refractivity contribution in [2.24, 2.45) is 5.41 Å². The maximum atomic E-state index is 11.7. The summed E-state index contributed by atoms with van der Waals surface area (Å²) in [6.45, 7) is 4.23. The van der Waals surface area contributed by atoms with Gasteiger partial charge in [0.15, 0.2) is 5.78 Å². The van der Waals surface area contributed by atoms with Gasteiger partial charge in [-0.15, -0.1) is 0 Å². The Kier molecular flexibility index (Phi) is 3.41. The summed E-state index contributed by atoms with van der Waals surface area (Å²) in [5.74, 6) is 0.970. The maximum Gasteiger partial charge on any atom is 0.157 e. The minimum atomic E-state index is 0.0240. The van der Waals surface area contributed by atoms with Crippen molar-refractivity contribution in [1.29, 1.82) is 0 Å². The highest BCUT2D eigenvalue weighted by atomic mass is 16.5. The van der Waals surface area contributed by atoms with Gasteiger partial charge < -0.3 is 10.1 Å². The van der Waals surface area contributed by atoms with E-state index in [0.717, 1.165) is 23.6 Å². The lowest BCUT2D eigenvalue weighted by Crippen LogP contribution is -2.24. The molecule has 0 saturated heterocycles. The number of ether oxygens (including phenoxy) is 1. The van der Waals surface area contributed by atoms with Gasteiger partial charge in [0.05, 0.1) is 12.8 Å². The molecule has 1 aromatic carbocycles. The number of hydrogen-bond donors (Lipinski definition) is 1. The molecule has 1 aliphatic carbocycles. The minimum Gasteiger partial charge on any atom is -0.495 e. The number of methoxy groups -OCH3 is 1. The Labute approximate surface area is 108 Å². The third-order valence-electron chi connectivity index (χ3n) is 3.06. The molecule has 0 unspecified atom stereocenters. The van der Waals surface area contributed by atoms with Crippen LogP contribution in [0.25, 0.3) is 0 Å². The smallest absolute Gasteiger partial charge is 0.157 e. The van der Waals surface area contributed by atoms with Crippen LogP contribution in [0, 0.1) is 5.41 Å². The number of benzene rings is 1. The van der Waals surface area contributed by atoms with Crippen molar-refractivity contribution in [3.8, 4) is 5.75 Å². The second kappa shape index (κ2) is 4.84. The first-order valence-corrected chi connectivity index (χ1v) is 6.14. The van der Waals surface area contributed by atoms with E-state index in [9.17, 15) is 4.79 Å². The van der Waals surface area contributed by atoms with Crippen LogP contribution < -0.4 is 10.1 Å². The second-order valence-electron chi connectivity index (χ2n) is 5.48. The molecule has 0 heterocycles. The highest BCUT2D eigenvalue weighted by molar-refractivity contribution is 5.92. The van der Waals surface area contributed by atoms with E-state index in [-0.39, 0.29) is 11.2 Å². The molecule has 3 heteroatoms. The Balaban J connectivity index is 2.21. The number of carbonyl (C=O) groups is 1. The first-order chi connectivity index (χ1) is 8.50. The third-order valence-corrected chi connectivity index (χ3v) is 3.06. The third kappa shape index (κ3) is 2.92. The summed E-state index contributed by atoms with van der Waals surface area (Å²) in [7, 11) is 1.64. The summed E-state index contributed by atoms with van der Waals surface area (Å²) >= 11 is 0. The summed E-state index contributed by atoms with van der Waals surface area (Å²) in [5.41, 5.74) is 1.88. The lowest BCUT2D eigenvalue weighted by molar-refractivity contribution is -0.117. The minimum absolute atomic E-state index is 0.0240. The molecule has 1 aromatic rings. The van der Waals surface area contributed by atoms with Gasteiger partial charge in [-0.2, -0.15) is 0 Å². The van der Waals surface area contributed by atoms with E-state index in [0.29, 0.717) is 6.42 Å². The van der Waals surface area contributed by atoms with Gasteiger partial charge in [0.2, 0.25) is 0 Å². The fourth-order valence-electron chi connectivity index (χ4n) is 2.35. The zero-order chi connectivity index (χ0) is 13.2. The molecular formula is C15H19NO2. The lowest BCUT2D eigenvalue weighted by Gasteiger charge is -2.29. The fourth-order valence-corrected chi connectivity index (χ4v) is 2.35. The van der Waals surface area contributed by atoms with Crippen molar-refractivity contribution in [1.82, 2.24) is 0 Å². The maximum absolute atomic E-state index is 11.7. The highest BCUT2D eigenvalue weighted by Gasteiger charge is 2.27. The fraction of sp³-hybridized carbons (Fsp3) is 0.400. The SMILES string of the molecule is COc1ccccc1NC1=CC(=O)CC(C)(C)C1. The van der Waals surface area contributed by atoms with E-state index in [2.05, 4.69) is 19.2 Å². The van der Waals surface area contributed by atoms with Crippen molar-refractivity contribution in [3.63, 3.8) is 0 Å². The summed E-state index contributed by atoms with van der Waals surface area (Å²) in [6, 6.07) is 7.72. The van der Waals surface area contributed by atoms with Gasteiger partial charge in [0.1, 0.15) is 5.75 Å². The van der Waals surface area contributed by atoms with Crippen molar-refractivity contribution >= 4 is 11.5 Å². The van der Waals surface area contributed by atoms with Crippen molar-refractivity contribution < 1.29 is 9.53 Å². The number of anilines is 1. The Morgan fingerprint density at radius 3 is 2.61 bits per heavy atom. The molecule has 0 spiro atoms. The summed E-state index contributed by atoms with van der Waals surface area (Å²) in [4.78, 5) is 11.7. The van der Waals surface area contributed by atoms with Crippen molar-refractivity contribution in [3.05, 3.63) is 36.0 Å². The van der Waals surface area contributed by atoms with Gasteiger partial charge in [-0.3, -0.25) is 4.79 Å². The zero-order valence-electron chi connectivity index (χ0n) is 11.1. The standard InChI is InChI=1S/C15H19NO2/c1-15(2)9-11(8-12(17)10-15)16-13-6-4-5-7-14(13)18-3/h4-8,16H,9-10H2,1-3H3. The average molecular weight is 245 g/mol. The largest absolute Gasteiger partial charge is 0.495 e. The molecule has 0 atom stereocenters. The molecule has 0 saturated carbocycles. The summed E-state index contributed by atoms with van der Waals surface area (Å²) in [5, 5.41) is 3.30. The Morgan fingerprint density at radius 1 is 1.22 bits per heavy atom. The van der Waals surface area contributed by atoms with E-state index in [1.807, 2.05) is 24.3 Å². The Hall–Kier alpha value is -1.77. The van der Waals surface area contributed by atoms with Gasteiger partial charge in [-0.25, -0.2) is 0 Å². The monoisotopic (exact) mass is 245 g/mol. The van der Waals surface area contributed by atoms with E-state index < -0.39 is 0 Å². The molecule has 0 bridgehead atoms. The molecule has 1 aliphatic rings. The molecule has 0 fully saturated rings.